The Morgan fingerprint density at radius 2 is 0.565 bits per heavy atom. The van der Waals surface area contributed by atoms with E-state index in [1.165, 1.54) is 0 Å². The lowest BCUT2D eigenvalue weighted by atomic mass is 9.84. The summed E-state index contributed by atoms with van der Waals surface area (Å²) in [6.45, 7) is -0.860. The number of hydrogen-bond donors (Lipinski definition) is 2. The molecular weight excluding hydrogens is 830 g/mol. The quantitative estimate of drug-likeness (QED) is 0.0626. The standard InChI is InChI=1S/C48H50O12P2/c49-43-44(50)46(59-61(51,55-33-39-23-11-3-12-24-39)56-34-40-25-13-4-14-26-40)47(54-32-38-21-9-2-10-22-38)48(45(43)53-31-37-19-7-1-8-20-37)60-62(52,57-35-41-27-15-5-16-28-41)58-36-42-29-17-6-18-30-42/h1-30,43-50H,31-36H2/t43-,44+,45+,46+,47-,48-/m1/s1. The van der Waals surface area contributed by atoms with Gasteiger partial charge in [0.15, 0.2) is 0 Å². The van der Waals surface area contributed by atoms with E-state index in [1.807, 2.05) is 109 Å². The number of ether oxygens (including phenoxy) is 2. The maximum Gasteiger partial charge on any atom is 0.475 e. The molecule has 0 radical (unpaired) electrons. The maximum atomic E-state index is 15.1. The van der Waals surface area contributed by atoms with Crippen LogP contribution < -0.4 is 0 Å². The van der Waals surface area contributed by atoms with E-state index in [1.54, 1.807) is 72.8 Å². The molecule has 12 nitrogen and oxygen atoms in total. The van der Waals surface area contributed by atoms with E-state index < -0.39 is 52.3 Å². The van der Waals surface area contributed by atoms with Gasteiger partial charge in [0.2, 0.25) is 0 Å². The number of aliphatic hydroxyl groups is 2. The first-order valence-corrected chi connectivity index (χ1v) is 23.2. The topological polar surface area (TPSA) is 148 Å². The summed E-state index contributed by atoms with van der Waals surface area (Å²) in [5, 5.41) is 24.1. The molecule has 0 spiro atoms. The van der Waals surface area contributed by atoms with Gasteiger partial charge in [0.25, 0.3) is 0 Å². The van der Waals surface area contributed by atoms with Crippen molar-refractivity contribution >= 4 is 15.6 Å². The zero-order valence-corrected chi connectivity index (χ0v) is 35.7. The molecule has 0 saturated heterocycles. The van der Waals surface area contributed by atoms with E-state index in [-0.39, 0.29) is 39.6 Å². The minimum absolute atomic E-state index is 0.0506. The van der Waals surface area contributed by atoms with Crippen LogP contribution in [-0.2, 0) is 85.4 Å². The molecule has 6 aromatic rings. The number of phosphoric ester groups is 2. The molecule has 7 rings (SSSR count). The third-order valence-corrected chi connectivity index (χ3v) is 12.8. The molecule has 1 fully saturated rings. The fraction of sp³-hybridized carbons (Fsp3) is 0.250. The SMILES string of the molecule is O=P(OCc1ccccc1)(OCc1ccccc1)O[C@H]1[C@H](OCc2ccccc2)[C@@H](OP(=O)(OCc2ccccc2)OCc2ccccc2)[C@@H](O)[C@@H](O)[C@@H]1OCc1ccccc1. The summed E-state index contributed by atoms with van der Waals surface area (Å²) in [6.07, 6.45) is -9.78. The Bertz CT molecular complexity index is 2200. The number of hydrogen-bond acceptors (Lipinski definition) is 12. The number of aliphatic hydroxyl groups excluding tert-OH is 2. The van der Waals surface area contributed by atoms with Crippen molar-refractivity contribution < 1.29 is 56.0 Å². The van der Waals surface area contributed by atoms with Gasteiger partial charge in [-0.3, -0.25) is 27.1 Å². The first-order chi connectivity index (χ1) is 30.3. The number of benzene rings is 6. The summed E-state index contributed by atoms with van der Waals surface area (Å²) in [4.78, 5) is 0. The fourth-order valence-electron chi connectivity index (χ4n) is 6.72. The Kier molecular flexibility index (Phi) is 16.6. The highest BCUT2D eigenvalue weighted by Crippen LogP contribution is 2.57. The summed E-state index contributed by atoms with van der Waals surface area (Å²) in [7, 11) is -9.31. The molecular formula is C48H50O12P2. The summed E-state index contributed by atoms with van der Waals surface area (Å²) in [6, 6.07) is 54.5. The van der Waals surface area contributed by atoms with Crippen LogP contribution >= 0.6 is 15.6 Å². The van der Waals surface area contributed by atoms with Crippen LogP contribution in [0.1, 0.15) is 33.4 Å². The Morgan fingerprint density at radius 1 is 0.323 bits per heavy atom. The third kappa shape index (κ3) is 13.2. The van der Waals surface area contributed by atoms with Gasteiger partial charge in [0, 0.05) is 0 Å². The molecule has 1 saturated carbocycles. The van der Waals surface area contributed by atoms with Gasteiger partial charge >= 0.3 is 15.6 Å². The molecule has 0 bridgehead atoms. The van der Waals surface area contributed by atoms with E-state index >= 15 is 4.57 Å². The van der Waals surface area contributed by atoms with Crippen molar-refractivity contribution in [2.75, 3.05) is 0 Å². The zero-order valence-electron chi connectivity index (χ0n) is 33.9. The van der Waals surface area contributed by atoms with Crippen molar-refractivity contribution in [1.29, 1.82) is 0 Å². The second-order valence-electron chi connectivity index (χ2n) is 14.6. The Labute approximate surface area is 362 Å². The minimum Gasteiger partial charge on any atom is -0.387 e. The normalized spacial score (nSPS) is 20.5. The van der Waals surface area contributed by atoms with Crippen molar-refractivity contribution in [2.24, 2.45) is 0 Å². The van der Waals surface area contributed by atoms with E-state index in [0.29, 0.717) is 22.3 Å². The lowest BCUT2D eigenvalue weighted by molar-refractivity contribution is -0.245. The number of phosphoric acid groups is 2. The smallest absolute Gasteiger partial charge is 0.387 e. The lowest BCUT2D eigenvalue weighted by Gasteiger charge is -2.47. The third-order valence-electron chi connectivity index (χ3n) is 10.00. The first kappa shape index (κ1) is 45.4. The van der Waals surface area contributed by atoms with E-state index in [2.05, 4.69) is 0 Å². The monoisotopic (exact) mass is 880 g/mol. The van der Waals surface area contributed by atoms with Gasteiger partial charge in [-0.1, -0.05) is 182 Å². The summed E-state index contributed by atoms with van der Waals surface area (Å²) >= 11 is 0. The van der Waals surface area contributed by atoms with E-state index in [0.717, 1.165) is 11.1 Å². The maximum absolute atomic E-state index is 15.1. The van der Waals surface area contributed by atoms with Crippen LogP contribution in [0, 0.1) is 0 Å². The van der Waals surface area contributed by atoms with Gasteiger partial charge in [0.1, 0.15) is 36.6 Å². The predicted octanol–water partition coefficient (Wildman–Crippen LogP) is 9.75. The Hall–Kier alpha value is -4.62. The van der Waals surface area contributed by atoms with Crippen LogP contribution in [0.15, 0.2) is 182 Å². The van der Waals surface area contributed by atoms with Gasteiger partial charge in [-0.25, -0.2) is 9.13 Å². The first-order valence-electron chi connectivity index (χ1n) is 20.2. The lowest BCUT2D eigenvalue weighted by Crippen LogP contribution is -2.66. The van der Waals surface area contributed by atoms with Crippen LogP contribution in [0.25, 0.3) is 0 Å². The molecule has 1 aliphatic rings. The summed E-state index contributed by atoms with van der Waals surface area (Å²) in [5.41, 5.74) is 4.17. The summed E-state index contributed by atoms with van der Waals surface area (Å²) < 4.78 is 79.8. The molecule has 324 valence electrons. The van der Waals surface area contributed by atoms with Gasteiger partial charge in [-0.15, -0.1) is 0 Å². The molecule has 6 atom stereocenters. The zero-order chi connectivity index (χ0) is 43.0. The highest BCUT2D eigenvalue weighted by atomic mass is 31.2. The van der Waals surface area contributed by atoms with Crippen molar-refractivity contribution in [3.05, 3.63) is 215 Å². The van der Waals surface area contributed by atoms with Crippen molar-refractivity contribution in [2.45, 2.75) is 76.3 Å². The van der Waals surface area contributed by atoms with E-state index in [9.17, 15) is 14.8 Å². The van der Waals surface area contributed by atoms with Crippen LogP contribution in [0.3, 0.4) is 0 Å². The number of rotatable bonds is 22. The highest BCUT2D eigenvalue weighted by molar-refractivity contribution is 7.48. The predicted molar refractivity (Wildman–Crippen MR) is 232 cm³/mol. The van der Waals surface area contributed by atoms with Crippen LogP contribution in [0.5, 0.6) is 0 Å². The Morgan fingerprint density at radius 3 is 0.871 bits per heavy atom. The van der Waals surface area contributed by atoms with Crippen molar-refractivity contribution in [3.8, 4) is 0 Å². The average Bonchev–Trinajstić information content (AvgIpc) is 3.32. The van der Waals surface area contributed by atoms with Gasteiger partial charge in [-0.2, -0.15) is 0 Å². The molecule has 2 N–H and O–H groups in total. The largest absolute Gasteiger partial charge is 0.475 e. The molecule has 0 amide bonds. The van der Waals surface area contributed by atoms with Crippen LogP contribution in [0.4, 0.5) is 0 Å². The van der Waals surface area contributed by atoms with Crippen LogP contribution in [0.2, 0.25) is 0 Å². The molecule has 0 unspecified atom stereocenters. The van der Waals surface area contributed by atoms with Gasteiger partial charge < -0.3 is 19.7 Å². The van der Waals surface area contributed by atoms with Crippen molar-refractivity contribution in [1.82, 2.24) is 0 Å². The fourth-order valence-corrected chi connectivity index (χ4v) is 9.42. The Balaban J connectivity index is 1.27. The molecule has 0 aliphatic heterocycles. The molecule has 62 heavy (non-hydrogen) atoms. The second-order valence-corrected chi connectivity index (χ2v) is 17.8. The van der Waals surface area contributed by atoms with Gasteiger partial charge in [-0.05, 0) is 33.4 Å². The second kappa shape index (κ2) is 22.6. The highest BCUT2D eigenvalue weighted by Gasteiger charge is 2.57. The van der Waals surface area contributed by atoms with E-state index in [4.69, 9.17) is 36.6 Å². The molecule has 0 aromatic heterocycles. The minimum atomic E-state index is -4.66. The molecule has 1 aliphatic carbocycles. The average molecular weight is 881 g/mol. The molecule has 14 heteroatoms. The molecule has 0 heterocycles. The van der Waals surface area contributed by atoms with Crippen molar-refractivity contribution in [3.63, 3.8) is 0 Å². The molecule has 6 aromatic carbocycles. The van der Waals surface area contributed by atoms with Crippen LogP contribution in [-0.4, -0.2) is 46.8 Å². The summed E-state index contributed by atoms with van der Waals surface area (Å²) in [5.74, 6) is 0. The van der Waals surface area contributed by atoms with Gasteiger partial charge in [0.05, 0.1) is 39.6 Å².